The van der Waals surface area contributed by atoms with E-state index in [0.29, 0.717) is 30.3 Å². The van der Waals surface area contributed by atoms with Gasteiger partial charge in [-0.2, -0.15) is 5.10 Å². The number of aliphatic hydroxyl groups excluding tert-OH is 1. The Morgan fingerprint density at radius 2 is 2.00 bits per heavy atom. The van der Waals surface area contributed by atoms with Gasteiger partial charge in [0.25, 0.3) is 5.91 Å². The van der Waals surface area contributed by atoms with Crippen molar-refractivity contribution in [2.45, 2.75) is 31.4 Å². The molecule has 180 valence electrons. The highest BCUT2D eigenvalue weighted by atomic mass is 35.5. The van der Waals surface area contributed by atoms with Gasteiger partial charge in [0.05, 0.1) is 35.3 Å². The van der Waals surface area contributed by atoms with E-state index in [-0.39, 0.29) is 29.3 Å². The average molecular weight is 505 g/mol. The number of rotatable bonds is 5. The maximum Gasteiger partial charge on any atom is 0.256 e. The van der Waals surface area contributed by atoms with E-state index in [4.69, 9.17) is 11.6 Å². The summed E-state index contributed by atoms with van der Waals surface area (Å²) >= 11 is 6.15. The summed E-state index contributed by atoms with van der Waals surface area (Å²) in [5.41, 5.74) is 1.78. The summed E-state index contributed by atoms with van der Waals surface area (Å²) in [4.78, 5) is 22.0. The van der Waals surface area contributed by atoms with E-state index in [9.17, 15) is 18.3 Å². The molecule has 12 heteroatoms. The van der Waals surface area contributed by atoms with Gasteiger partial charge < -0.3 is 14.9 Å². The van der Waals surface area contributed by atoms with Crippen molar-refractivity contribution in [1.29, 1.82) is 0 Å². The summed E-state index contributed by atoms with van der Waals surface area (Å²) in [7, 11) is -3.58. The quantitative estimate of drug-likeness (QED) is 0.547. The molecule has 5 rings (SSSR count). The Morgan fingerprint density at radius 3 is 2.74 bits per heavy atom. The van der Waals surface area contributed by atoms with Crippen molar-refractivity contribution in [3.05, 3.63) is 52.8 Å². The Labute approximate surface area is 202 Å². The zero-order valence-electron chi connectivity index (χ0n) is 18.6. The van der Waals surface area contributed by atoms with Gasteiger partial charge in [0.2, 0.25) is 10.0 Å². The normalized spacial score (nSPS) is 19.3. The third-order valence-electron chi connectivity index (χ3n) is 6.13. The molecular formula is C22H25ClN6O4S. The molecule has 1 amide bonds. The van der Waals surface area contributed by atoms with Crippen molar-refractivity contribution in [2.24, 2.45) is 0 Å². The Balaban J connectivity index is 1.46. The van der Waals surface area contributed by atoms with E-state index in [1.807, 2.05) is 23.2 Å². The summed E-state index contributed by atoms with van der Waals surface area (Å²) in [5.74, 6) is 0.467. The lowest BCUT2D eigenvalue weighted by atomic mass is 9.98. The highest BCUT2D eigenvalue weighted by Crippen LogP contribution is 2.34. The lowest BCUT2D eigenvalue weighted by Gasteiger charge is -2.36. The van der Waals surface area contributed by atoms with Gasteiger partial charge in [-0.05, 0) is 43.5 Å². The molecule has 3 aromatic rings. The molecule has 2 N–H and O–H groups in total. The van der Waals surface area contributed by atoms with E-state index < -0.39 is 10.0 Å². The molecule has 4 heterocycles. The summed E-state index contributed by atoms with van der Waals surface area (Å²) < 4.78 is 27.8. The molecule has 1 aromatic carbocycles. The number of benzene rings is 1. The number of β-amino-alcohol motifs (C(OH)–C–C–N with tert-alkyl or cyclic N) is 1. The highest BCUT2D eigenvalue weighted by Gasteiger charge is 2.32. The maximum atomic E-state index is 13.6. The molecule has 2 fully saturated rings. The number of piperidine rings is 1. The van der Waals surface area contributed by atoms with Crippen LogP contribution in [0.15, 0.2) is 36.5 Å². The minimum Gasteiger partial charge on any atom is -0.389 e. The molecule has 0 saturated carbocycles. The fraction of sp³-hybridized carbons (Fsp3) is 0.409. The monoisotopic (exact) mass is 504 g/mol. The first-order valence-electron chi connectivity index (χ1n) is 11.1. The van der Waals surface area contributed by atoms with Crippen LogP contribution in [0.3, 0.4) is 0 Å². The molecule has 2 aliphatic heterocycles. The van der Waals surface area contributed by atoms with Crippen LogP contribution in [-0.2, 0) is 10.0 Å². The van der Waals surface area contributed by atoms with Gasteiger partial charge in [0.15, 0.2) is 5.65 Å². The number of nitrogens with one attached hydrogen (secondary N) is 1. The lowest BCUT2D eigenvalue weighted by Crippen LogP contribution is -2.51. The largest absolute Gasteiger partial charge is 0.389 e. The Bertz CT molecular complexity index is 1350. The summed E-state index contributed by atoms with van der Waals surface area (Å²) in [6.45, 7) is 1.63. The van der Waals surface area contributed by atoms with Crippen molar-refractivity contribution in [3.63, 3.8) is 0 Å². The van der Waals surface area contributed by atoms with E-state index in [1.165, 1.54) is 12.1 Å². The summed E-state index contributed by atoms with van der Waals surface area (Å²) in [6.07, 6.45) is 5.05. The maximum absolute atomic E-state index is 13.6. The van der Waals surface area contributed by atoms with Crippen LogP contribution in [0.5, 0.6) is 0 Å². The lowest BCUT2D eigenvalue weighted by molar-refractivity contribution is 0.0607. The van der Waals surface area contributed by atoms with Crippen molar-refractivity contribution in [3.8, 4) is 0 Å². The minimum atomic E-state index is -3.58. The highest BCUT2D eigenvalue weighted by molar-refractivity contribution is 7.92. The third-order valence-corrected chi connectivity index (χ3v) is 6.95. The van der Waals surface area contributed by atoms with E-state index in [1.54, 1.807) is 15.5 Å². The van der Waals surface area contributed by atoms with Crippen LogP contribution in [0.25, 0.3) is 5.65 Å². The van der Waals surface area contributed by atoms with Crippen LogP contribution >= 0.6 is 11.6 Å². The zero-order chi connectivity index (χ0) is 24.0. The zero-order valence-corrected chi connectivity index (χ0v) is 20.1. The molecule has 1 atom stereocenters. The first-order chi connectivity index (χ1) is 16.2. The Kier molecular flexibility index (Phi) is 5.86. The second kappa shape index (κ2) is 8.71. The van der Waals surface area contributed by atoms with Crippen molar-refractivity contribution in [1.82, 2.24) is 19.5 Å². The number of aromatic nitrogens is 3. The fourth-order valence-corrected chi connectivity index (χ4v) is 5.24. The first-order valence-corrected chi connectivity index (χ1v) is 13.3. The summed E-state index contributed by atoms with van der Waals surface area (Å²) in [6, 6.07) is 7.99. The second-order valence-corrected chi connectivity index (χ2v) is 11.0. The van der Waals surface area contributed by atoms with Gasteiger partial charge in [0.1, 0.15) is 5.82 Å². The first kappa shape index (κ1) is 22.9. The van der Waals surface area contributed by atoms with Gasteiger partial charge in [-0.3, -0.25) is 9.52 Å². The number of carbonyl (C=O) groups excluding carboxylic acids is 1. The molecule has 10 nitrogen and oxygen atoms in total. The number of fused-ring (bicyclic) bond motifs is 1. The number of likely N-dealkylation sites (tertiary alicyclic amines) is 1. The number of amides is 1. The van der Waals surface area contributed by atoms with Crippen LogP contribution in [0, 0.1) is 0 Å². The topological polar surface area (TPSA) is 120 Å². The van der Waals surface area contributed by atoms with Crippen LogP contribution in [-0.4, -0.2) is 70.9 Å². The standard InChI is InChI=1S/C22H25ClN6O4S/c1-34(32,33)26-17-6-5-14(23)10-16(17)22(31)28-8-3-2-4-19(28)18-11-21-24-20(7-9-29(21)25-18)27-12-15(30)13-27/h5-7,9-11,15,19,26,30H,2-4,8,12-13H2,1H3/t19-/m0/s1. The van der Waals surface area contributed by atoms with Crippen LogP contribution in [0.1, 0.15) is 41.4 Å². The minimum absolute atomic E-state index is 0.194. The molecule has 0 radical (unpaired) electrons. The molecule has 0 unspecified atom stereocenters. The fourth-order valence-electron chi connectivity index (χ4n) is 4.49. The average Bonchev–Trinajstić information content (AvgIpc) is 3.20. The number of halogens is 1. The predicted octanol–water partition coefficient (Wildman–Crippen LogP) is 2.30. The predicted molar refractivity (Wildman–Crippen MR) is 129 cm³/mol. The number of carbonyl (C=O) groups is 1. The molecule has 34 heavy (non-hydrogen) atoms. The number of nitrogens with zero attached hydrogens (tertiary/aromatic N) is 5. The Morgan fingerprint density at radius 1 is 1.21 bits per heavy atom. The number of anilines is 2. The van der Waals surface area contributed by atoms with Crippen LogP contribution in [0.4, 0.5) is 11.5 Å². The number of hydrogen-bond donors (Lipinski definition) is 2. The van der Waals surface area contributed by atoms with Crippen molar-refractivity contribution < 1.29 is 18.3 Å². The molecule has 0 bridgehead atoms. The smallest absolute Gasteiger partial charge is 0.256 e. The van der Waals surface area contributed by atoms with Crippen molar-refractivity contribution >= 4 is 44.7 Å². The SMILES string of the molecule is CS(=O)(=O)Nc1ccc(Cl)cc1C(=O)N1CCCC[C@H]1c1cc2nc(N3CC(O)C3)ccn2n1. The molecular weight excluding hydrogens is 480 g/mol. The molecule has 2 aliphatic rings. The van der Waals surface area contributed by atoms with E-state index >= 15 is 0 Å². The molecule has 2 aromatic heterocycles. The third kappa shape index (κ3) is 4.55. The van der Waals surface area contributed by atoms with Gasteiger partial charge in [-0.1, -0.05) is 11.6 Å². The number of aliphatic hydroxyl groups is 1. The summed E-state index contributed by atoms with van der Waals surface area (Å²) in [5, 5.41) is 14.6. The molecule has 2 saturated heterocycles. The molecule has 0 spiro atoms. The van der Waals surface area contributed by atoms with E-state index in [2.05, 4.69) is 14.8 Å². The van der Waals surface area contributed by atoms with Gasteiger partial charge in [-0.15, -0.1) is 0 Å². The number of sulfonamides is 1. The Hall–Kier alpha value is -2.89. The number of hydrogen-bond acceptors (Lipinski definition) is 7. The van der Waals surface area contributed by atoms with Crippen molar-refractivity contribution in [2.75, 3.05) is 35.5 Å². The van der Waals surface area contributed by atoms with Gasteiger partial charge in [0, 0.05) is 36.9 Å². The molecule has 0 aliphatic carbocycles. The second-order valence-electron chi connectivity index (χ2n) is 8.79. The van der Waals surface area contributed by atoms with Crippen LogP contribution in [0.2, 0.25) is 5.02 Å². The van der Waals surface area contributed by atoms with Gasteiger partial charge >= 0.3 is 0 Å². The van der Waals surface area contributed by atoms with Crippen LogP contribution < -0.4 is 9.62 Å². The van der Waals surface area contributed by atoms with E-state index in [0.717, 1.165) is 37.0 Å². The van der Waals surface area contributed by atoms with Gasteiger partial charge in [-0.25, -0.2) is 17.9 Å².